The Bertz CT molecular complexity index is 605. The smallest absolute Gasteiger partial charge is 0.257 e. The molecule has 138 valence electrons. The van der Waals surface area contributed by atoms with Crippen LogP contribution in [0.2, 0.25) is 0 Å². The number of aliphatic hydroxyl groups excluding tert-OH is 1. The Morgan fingerprint density at radius 2 is 2.16 bits per heavy atom. The van der Waals surface area contributed by atoms with E-state index in [1.807, 2.05) is 29.2 Å². The lowest BCUT2D eigenvalue weighted by Gasteiger charge is -2.42. The Hall–Kier alpha value is -1.59. The monoisotopic (exact) mass is 347 g/mol. The standard InChI is InChI=1S/C20H29NO4/c1-3-4-13-25-17-8-6-5-7-16(17)19(23)21-12-11-20(24-2)10-9-15(22)14-18(20)21/h5-8,15,18,22H,3-4,9-14H2,1-2H3/t15-,18-,20+/m0/s1. The number of hydrogen-bond donors (Lipinski definition) is 1. The molecule has 25 heavy (non-hydrogen) atoms. The molecule has 2 aliphatic rings. The van der Waals surface area contributed by atoms with Gasteiger partial charge < -0.3 is 19.5 Å². The van der Waals surface area contributed by atoms with Crippen molar-refractivity contribution in [1.82, 2.24) is 4.90 Å². The zero-order valence-electron chi connectivity index (χ0n) is 15.2. The highest BCUT2D eigenvalue weighted by Crippen LogP contribution is 2.43. The zero-order chi connectivity index (χ0) is 17.9. The summed E-state index contributed by atoms with van der Waals surface area (Å²) in [5.74, 6) is 0.623. The van der Waals surface area contributed by atoms with E-state index < -0.39 is 0 Å². The van der Waals surface area contributed by atoms with E-state index in [1.165, 1.54) is 0 Å². The van der Waals surface area contributed by atoms with E-state index in [4.69, 9.17) is 9.47 Å². The van der Waals surface area contributed by atoms with Crippen molar-refractivity contribution in [3.05, 3.63) is 29.8 Å². The quantitative estimate of drug-likeness (QED) is 0.804. The molecule has 1 amide bonds. The molecule has 0 bridgehead atoms. The van der Waals surface area contributed by atoms with Crippen molar-refractivity contribution in [2.24, 2.45) is 0 Å². The second kappa shape index (κ2) is 7.75. The number of aliphatic hydroxyl groups is 1. The van der Waals surface area contributed by atoms with Crippen LogP contribution in [0.25, 0.3) is 0 Å². The van der Waals surface area contributed by atoms with E-state index in [2.05, 4.69) is 6.92 Å². The van der Waals surface area contributed by atoms with Crippen LogP contribution in [0.4, 0.5) is 0 Å². The molecular formula is C20H29NO4. The number of nitrogens with zero attached hydrogens (tertiary/aromatic N) is 1. The first-order valence-corrected chi connectivity index (χ1v) is 9.37. The molecule has 1 aromatic rings. The van der Waals surface area contributed by atoms with Crippen LogP contribution >= 0.6 is 0 Å². The van der Waals surface area contributed by atoms with Gasteiger partial charge in [0.25, 0.3) is 5.91 Å². The molecule has 2 fully saturated rings. The summed E-state index contributed by atoms with van der Waals surface area (Å²) in [6.45, 7) is 3.39. The first-order valence-electron chi connectivity index (χ1n) is 9.37. The van der Waals surface area contributed by atoms with Crippen LogP contribution in [0.1, 0.15) is 55.8 Å². The number of carbonyl (C=O) groups is 1. The van der Waals surface area contributed by atoms with Crippen LogP contribution < -0.4 is 4.74 Å². The summed E-state index contributed by atoms with van der Waals surface area (Å²) in [5.41, 5.74) is 0.290. The van der Waals surface area contributed by atoms with E-state index >= 15 is 0 Å². The summed E-state index contributed by atoms with van der Waals surface area (Å²) in [7, 11) is 1.72. The lowest BCUT2D eigenvalue weighted by molar-refractivity contribution is -0.0824. The van der Waals surface area contributed by atoms with Gasteiger partial charge in [0.05, 0.1) is 29.9 Å². The van der Waals surface area contributed by atoms with Crippen molar-refractivity contribution < 1.29 is 19.4 Å². The Labute approximate surface area is 149 Å². The molecule has 1 aliphatic carbocycles. The summed E-state index contributed by atoms with van der Waals surface area (Å²) in [6.07, 6.45) is 4.60. The number of fused-ring (bicyclic) bond motifs is 1. The molecule has 1 saturated heterocycles. The van der Waals surface area contributed by atoms with Gasteiger partial charge in [0.1, 0.15) is 5.75 Å². The summed E-state index contributed by atoms with van der Waals surface area (Å²) >= 11 is 0. The summed E-state index contributed by atoms with van der Waals surface area (Å²) in [4.78, 5) is 15.1. The van der Waals surface area contributed by atoms with Gasteiger partial charge in [-0.1, -0.05) is 25.5 Å². The van der Waals surface area contributed by atoms with Gasteiger partial charge in [0.15, 0.2) is 0 Å². The highest BCUT2D eigenvalue weighted by molar-refractivity contribution is 5.97. The van der Waals surface area contributed by atoms with Crippen molar-refractivity contribution in [2.45, 2.75) is 63.2 Å². The third-order valence-corrected chi connectivity index (χ3v) is 5.70. The molecule has 3 rings (SSSR count). The predicted molar refractivity (Wildman–Crippen MR) is 95.9 cm³/mol. The number of rotatable bonds is 6. The summed E-state index contributed by atoms with van der Waals surface area (Å²) in [6, 6.07) is 7.38. The molecule has 3 atom stereocenters. The fraction of sp³-hybridized carbons (Fsp3) is 0.650. The first-order chi connectivity index (χ1) is 12.1. The number of carbonyl (C=O) groups excluding carboxylic acids is 1. The lowest BCUT2D eigenvalue weighted by Crippen LogP contribution is -2.52. The maximum atomic E-state index is 13.2. The van der Waals surface area contributed by atoms with E-state index in [9.17, 15) is 9.90 Å². The molecule has 5 nitrogen and oxygen atoms in total. The number of methoxy groups -OCH3 is 1. The summed E-state index contributed by atoms with van der Waals surface area (Å²) in [5, 5.41) is 10.1. The van der Waals surface area contributed by atoms with Crippen LogP contribution in [0, 0.1) is 0 Å². The average Bonchev–Trinajstić information content (AvgIpc) is 3.01. The van der Waals surface area contributed by atoms with Crippen LogP contribution in [0.15, 0.2) is 24.3 Å². The molecular weight excluding hydrogens is 318 g/mol. The van der Waals surface area contributed by atoms with E-state index in [-0.39, 0.29) is 23.7 Å². The number of likely N-dealkylation sites (tertiary alicyclic amines) is 1. The lowest BCUT2D eigenvalue weighted by atomic mass is 9.79. The van der Waals surface area contributed by atoms with Crippen molar-refractivity contribution in [3.8, 4) is 5.75 Å². The molecule has 5 heteroatoms. The highest BCUT2D eigenvalue weighted by atomic mass is 16.5. The molecule has 1 saturated carbocycles. The minimum Gasteiger partial charge on any atom is -0.493 e. The fourth-order valence-electron chi connectivity index (χ4n) is 4.17. The molecule has 1 aliphatic heterocycles. The van der Waals surface area contributed by atoms with Gasteiger partial charge in [0.2, 0.25) is 0 Å². The number of unbranched alkanes of at least 4 members (excludes halogenated alkanes) is 1. The van der Waals surface area contributed by atoms with Gasteiger partial charge in [-0.3, -0.25) is 4.79 Å². The number of ether oxygens (including phenoxy) is 2. The first kappa shape index (κ1) is 18.2. The molecule has 1 heterocycles. The third kappa shape index (κ3) is 3.53. The topological polar surface area (TPSA) is 59.0 Å². The van der Waals surface area contributed by atoms with Crippen molar-refractivity contribution in [1.29, 1.82) is 0 Å². The largest absolute Gasteiger partial charge is 0.493 e. The van der Waals surface area contributed by atoms with Gasteiger partial charge in [0, 0.05) is 13.7 Å². The van der Waals surface area contributed by atoms with Gasteiger partial charge in [-0.15, -0.1) is 0 Å². The Balaban J connectivity index is 1.81. The van der Waals surface area contributed by atoms with E-state index in [1.54, 1.807) is 7.11 Å². The third-order valence-electron chi connectivity index (χ3n) is 5.70. The zero-order valence-corrected chi connectivity index (χ0v) is 15.2. The minimum atomic E-state index is -0.363. The number of amides is 1. The SMILES string of the molecule is CCCCOc1ccccc1C(=O)N1CC[C@]2(OC)CC[C@H](O)C[C@H]12. The second-order valence-electron chi connectivity index (χ2n) is 7.16. The average molecular weight is 347 g/mol. The fourth-order valence-corrected chi connectivity index (χ4v) is 4.17. The second-order valence-corrected chi connectivity index (χ2v) is 7.16. The number of para-hydroxylation sites is 1. The molecule has 0 unspecified atom stereocenters. The van der Waals surface area contributed by atoms with E-state index in [0.717, 1.165) is 32.1 Å². The van der Waals surface area contributed by atoms with Gasteiger partial charge in [-0.05, 0) is 44.2 Å². The van der Waals surface area contributed by atoms with Crippen molar-refractivity contribution in [3.63, 3.8) is 0 Å². The normalized spacial score (nSPS) is 28.7. The van der Waals surface area contributed by atoms with Gasteiger partial charge in [-0.2, -0.15) is 0 Å². The molecule has 0 spiro atoms. The Kier molecular flexibility index (Phi) is 5.64. The van der Waals surface area contributed by atoms with Gasteiger partial charge >= 0.3 is 0 Å². The number of benzene rings is 1. The van der Waals surface area contributed by atoms with Crippen LogP contribution in [-0.4, -0.2) is 53.9 Å². The Morgan fingerprint density at radius 3 is 2.92 bits per heavy atom. The molecule has 0 aromatic heterocycles. The van der Waals surface area contributed by atoms with Crippen LogP contribution in [0.3, 0.4) is 0 Å². The summed E-state index contributed by atoms with van der Waals surface area (Å²) < 4.78 is 11.7. The molecule has 0 radical (unpaired) electrons. The van der Waals surface area contributed by atoms with Crippen molar-refractivity contribution >= 4 is 5.91 Å². The molecule has 1 N–H and O–H groups in total. The van der Waals surface area contributed by atoms with Crippen LogP contribution in [0.5, 0.6) is 5.75 Å². The van der Waals surface area contributed by atoms with Gasteiger partial charge in [-0.25, -0.2) is 0 Å². The van der Waals surface area contributed by atoms with E-state index in [0.29, 0.717) is 30.9 Å². The number of hydrogen-bond acceptors (Lipinski definition) is 4. The van der Waals surface area contributed by atoms with Crippen LogP contribution in [-0.2, 0) is 4.74 Å². The van der Waals surface area contributed by atoms with Crippen molar-refractivity contribution in [2.75, 3.05) is 20.3 Å². The highest BCUT2D eigenvalue weighted by Gasteiger charge is 2.52. The maximum absolute atomic E-state index is 13.2. The minimum absolute atomic E-state index is 0.0230. The Morgan fingerprint density at radius 1 is 1.36 bits per heavy atom. The predicted octanol–water partition coefficient (Wildman–Crippen LogP) is 3.01. The molecule has 1 aromatic carbocycles. The maximum Gasteiger partial charge on any atom is 0.257 e.